The lowest BCUT2D eigenvalue weighted by Gasteiger charge is -2.16. The number of fused-ring (bicyclic) bond motifs is 1. The summed E-state index contributed by atoms with van der Waals surface area (Å²) in [6.07, 6.45) is -0.143. The SMILES string of the molecule is FC(F)(F)c1c[nH]c2ncc(-c3cc(C4CCOC4)n([C@@H]4CCOC4)n3)cc12. The molecule has 2 aliphatic heterocycles. The third-order valence-corrected chi connectivity index (χ3v) is 5.50. The number of ether oxygens (including phenoxy) is 2. The number of hydrogen-bond donors (Lipinski definition) is 1. The molecule has 2 atom stereocenters. The highest BCUT2D eigenvalue weighted by atomic mass is 19.4. The number of aromatic nitrogens is 4. The number of nitrogens with one attached hydrogen (secondary N) is 1. The first-order chi connectivity index (χ1) is 13.5. The number of aromatic amines is 1. The van der Waals surface area contributed by atoms with Crippen LogP contribution in [0.3, 0.4) is 0 Å². The molecule has 28 heavy (non-hydrogen) atoms. The third kappa shape index (κ3) is 2.98. The summed E-state index contributed by atoms with van der Waals surface area (Å²) < 4.78 is 52.8. The minimum Gasteiger partial charge on any atom is -0.381 e. The van der Waals surface area contributed by atoms with Gasteiger partial charge in [-0.2, -0.15) is 18.3 Å². The van der Waals surface area contributed by atoms with Crippen molar-refractivity contribution < 1.29 is 22.6 Å². The van der Waals surface area contributed by atoms with Gasteiger partial charge in [0.25, 0.3) is 0 Å². The second kappa shape index (κ2) is 6.59. The number of pyridine rings is 1. The van der Waals surface area contributed by atoms with Gasteiger partial charge in [0.2, 0.25) is 0 Å². The first kappa shape index (κ1) is 17.7. The standard InChI is InChI=1S/C19H19F3N4O2/c20-19(21,22)15-8-24-18-14(15)5-12(7-23-18)16-6-17(11-1-3-27-9-11)26(25-16)13-2-4-28-10-13/h5-8,11,13H,1-4,9-10H2,(H,23,24)/t11?,13-/m1/s1. The van der Waals surface area contributed by atoms with Crippen LogP contribution in [0.2, 0.25) is 0 Å². The average molecular weight is 392 g/mol. The summed E-state index contributed by atoms with van der Waals surface area (Å²) in [7, 11) is 0. The second-order valence-electron chi connectivity index (χ2n) is 7.30. The van der Waals surface area contributed by atoms with Crippen molar-refractivity contribution in [2.24, 2.45) is 0 Å². The van der Waals surface area contributed by atoms with Gasteiger partial charge in [-0.15, -0.1) is 0 Å². The summed E-state index contributed by atoms with van der Waals surface area (Å²) in [5.74, 6) is 0.233. The summed E-state index contributed by atoms with van der Waals surface area (Å²) in [5, 5.41) is 4.79. The third-order valence-electron chi connectivity index (χ3n) is 5.50. The monoisotopic (exact) mass is 392 g/mol. The van der Waals surface area contributed by atoms with E-state index in [9.17, 15) is 13.2 Å². The number of alkyl halides is 3. The number of rotatable bonds is 3. The van der Waals surface area contributed by atoms with Crippen LogP contribution in [0.1, 0.15) is 36.1 Å². The normalized spacial score (nSPS) is 23.1. The van der Waals surface area contributed by atoms with Crippen LogP contribution >= 0.6 is 0 Å². The summed E-state index contributed by atoms with van der Waals surface area (Å²) in [4.78, 5) is 6.76. The fourth-order valence-electron chi connectivity index (χ4n) is 4.01. The number of nitrogens with zero attached hydrogens (tertiary/aromatic N) is 3. The molecule has 0 aliphatic carbocycles. The lowest BCUT2D eigenvalue weighted by atomic mass is 10.0. The lowest BCUT2D eigenvalue weighted by molar-refractivity contribution is -0.136. The maximum Gasteiger partial charge on any atom is 0.418 e. The molecule has 0 radical (unpaired) electrons. The largest absolute Gasteiger partial charge is 0.418 e. The Balaban J connectivity index is 1.59. The number of hydrogen-bond acceptors (Lipinski definition) is 4. The van der Waals surface area contributed by atoms with Gasteiger partial charge >= 0.3 is 6.18 Å². The Bertz CT molecular complexity index is 965. The molecule has 3 aromatic rings. The summed E-state index contributed by atoms with van der Waals surface area (Å²) in [6, 6.07) is 3.61. The Morgan fingerprint density at radius 3 is 2.64 bits per heavy atom. The minimum absolute atomic E-state index is 0.0505. The van der Waals surface area contributed by atoms with Crippen molar-refractivity contribution in [2.45, 2.75) is 31.0 Å². The Hall–Kier alpha value is -2.39. The van der Waals surface area contributed by atoms with Gasteiger partial charge in [-0.05, 0) is 25.0 Å². The van der Waals surface area contributed by atoms with Gasteiger partial charge in [-0.1, -0.05) is 0 Å². The highest BCUT2D eigenvalue weighted by Gasteiger charge is 2.34. The molecule has 1 N–H and O–H groups in total. The number of halogens is 3. The molecule has 0 aromatic carbocycles. The highest BCUT2D eigenvalue weighted by Crippen LogP contribution is 2.37. The highest BCUT2D eigenvalue weighted by molar-refractivity contribution is 5.84. The Morgan fingerprint density at radius 2 is 1.93 bits per heavy atom. The average Bonchev–Trinajstić information content (AvgIpc) is 3.46. The van der Waals surface area contributed by atoms with Gasteiger partial charge in [-0.3, -0.25) is 4.68 Å². The Labute approximate surface area is 158 Å². The molecule has 2 saturated heterocycles. The van der Waals surface area contributed by atoms with Crippen LogP contribution in [0.4, 0.5) is 13.2 Å². The van der Waals surface area contributed by atoms with E-state index in [0.29, 0.717) is 37.7 Å². The van der Waals surface area contributed by atoms with Crippen LogP contribution in [0.25, 0.3) is 22.3 Å². The van der Waals surface area contributed by atoms with E-state index in [1.54, 1.807) is 6.20 Å². The van der Waals surface area contributed by atoms with Crippen LogP contribution in [0.5, 0.6) is 0 Å². The van der Waals surface area contributed by atoms with E-state index in [4.69, 9.17) is 14.6 Å². The predicted octanol–water partition coefficient (Wildman–Crippen LogP) is 3.91. The number of H-pyrrole nitrogens is 1. The van der Waals surface area contributed by atoms with Gasteiger partial charge in [0.1, 0.15) is 5.65 Å². The smallest absolute Gasteiger partial charge is 0.381 e. The molecule has 2 aliphatic rings. The molecule has 2 fully saturated rings. The minimum atomic E-state index is -4.44. The van der Waals surface area contributed by atoms with E-state index in [-0.39, 0.29) is 23.0 Å². The van der Waals surface area contributed by atoms with Gasteiger partial charge in [-0.25, -0.2) is 4.98 Å². The van der Waals surface area contributed by atoms with E-state index < -0.39 is 11.7 Å². The molecule has 5 rings (SSSR count). The zero-order valence-electron chi connectivity index (χ0n) is 15.0. The van der Waals surface area contributed by atoms with Gasteiger partial charge < -0.3 is 14.5 Å². The zero-order chi connectivity index (χ0) is 19.3. The fourth-order valence-corrected chi connectivity index (χ4v) is 4.01. The molecule has 9 heteroatoms. The lowest BCUT2D eigenvalue weighted by Crippen LogP contribution is -2.16. The van der Waals surface area contributed by atoms with Crippen LogP contribution in [0.15, 0.2) is 24.5 Å². The molecule has 5 heterocycles. The van der Waals surface area contributed by atoms with Crippen molar-refractivity contribution >= 4 is 11.0 Å². The summed E-state index contributed by atoms with van der Waals surface area (Å²) >= 11 is 0. The first-order valence-corrected chi connectivity index (χ1v) is 9.30. The predicted molar refractivity (Wildman–Crippen MR) is 95.0 cm³/mol. The van der Waals surface area contributed by atoms with E-state index in [1.165, 1.54) is 6.07 Å². The molecule has 148 valence electrons. The molecule has 0 bridgehead atoms. The Morgan fingerprint density at radius 1 is 1.11 bits per heavy atom. The second-order valence-corrected chi connectivity index (χ2v) is 7.30. The van der Waals surface area contributed by atoms with Crippen molar-refractivity contribution in [3.63, 3.8) is 0 Å². The molecular formula is C19H19F3N4O2. The quantitative estimate of drug-likeness (QED) is 0.734. The van der Waals surface area contributed by atoms with Crippen molar-refractivity contribution in [2.75, 3.05) is 26.4 Å². The molecular weight excluding hydrogens is 373 g/mol. The van der Waals surface area contributed by atoms with E-state index in [1.807, 2.05) is 10.7 Å². The molecule has 0 amide bonds. The maximum absolute atomic E-state index is 13.3. The van der Waals surface area contributed by atoms with Crippen molar-refractivity contribution in [3.05, 3.63) is 35.8 Å². The molecule has 0 spiro atoms. The van der Waals surface area contributed by atoms with E-state index >= 15 is 0 Å². The molecule has 3 aromatic heterocycles. The van der Waals surface area contributed by atoms with Crippen LogP contribution in [-0.2, 0) is 15.7 Å². The van der Waals surface area contributed by atoms with Gasteiger partial charge in [0, 0.05) is 48.2 Å². The molecule has 0 saturated carbocycles. The van der Waals surface area contributed by atoms with Crippen molar-refractivity contribution in [1.29, 1.82) is 0 Å². The molecule has 6 nitrogen and oxygen atoms in total. The molecule has 1 unspecified atom stereocenters. The fraction of sp³-hybridized carbons (Fsp3) is 0.474. The van der Waals surface area contributed by atoms with E-state index in [0.717, 1.165) is 24.7 Å². The summed E-state index contributed by atoms with van der Waals surface area (Å²) in [5.41, 5.74) is 1.73. The van der Waals surface area contributed by atoms with Crippen molar-refractivity contribution in [3.8, 4) is 11.3 Å². The van der Waals surface area contributed by atoms with Crippen molar-refractivity contribution in [1.82, 2.24) is 19.7 Å². The van der Waals surface area contributed by atoms with Crippen LogP contribution in [-0.4, -0.2) is 46.2 Å². The summed E-state index contributed by atoms with van der Waals surface area (Å²) in [6.45, 7) is 2.62. The van der Waals surface area contributed by atoms with Crippen LogP contribution < -0.4 is 0 Å². The van der Waals surface area contributed by atoms with E-state index in [2.05, 4.69) is 9.97 Å². The zero-order valence-corrected chi connectivity index (χ0v) is 15.0. The maximum atomic E-state index is 13.3. The Kier molecular flexibility index (Phi) is 4.17. The first-order valence-electron chi connectivity index (χ1n) is 9.30. The van der Waals surface area contributed by atoms with Gasteiger partial charge in [0.15, 0.2) is 0 Å². The van der Waals surface area contributed by atoms with Crippen LogP contribution in [0, 0.1) is 0 Å². The van der Waals surface area contributed by atoms with Gasteiger partial charge in [0.05, 0.1) is 30.5 Å². The topological polar surface area (TPSA) is 65.0 Å².